The molecular weight excluding hydrogens is 243 g/mol. The molecule has 0 radical (unpaired) electrons. The van der Waals surface area contributed by atoms with E-state index >= 15 is 0 Å². The van der Waals surface area contributed by atoms with Crippen LogP contribution >= 0.6 is 0 Å². The van der Waals surface area contributed by atoms with Crippen molar-refractivity contribution in [1.29, 1.82) is 0 Å². The molecule has 0 bridgehead atoms. The van der Waals surface area contributed by atoms with Crippen LogP contribution in [-0.4, -0.2) is 5.11 Å². The summed E-state index contributed by atoms with van der Waals surface area (Å²) in [4.78, 5) is 0. The maximum absolute atomic E-state index is 13.9. The van der Waals surface area contributed by atoms with Crippen LogP contribution in [0.3, 0.4) is 0 Å². The molecule has 2 aromatic carbocycles. The highest BCUT2D eigenvalue weighted by molar-refractivity contribution is 5.35. The highest BCUT2D eigenvalue weighted by Gasteiger charge is 2.42. The third kappa shape index (κ3) is 2.61. The van der Waals surface area contributed by atoms with Crippen molar-refractivity contribution in [3.63, 3.8) is 0 Å². The molecule has 1 aliphatic rings. The minimum absolute atomic E-state index is 0.219. The summed E-state index contributed by atoms with van der Waals surface area (Å²) in [7, 11) is 0. The van der Waals surface area contributed by atoms with Gasteiger partial charge < -0.3 is 9.84 Å². The summed E-state index contributed by atoms with van der Waals surface area (Å²) in [5, 5.41) is 9.92. The minimum atomic E-state index is -0.807. The molecular formula is C16H15FO2. The average Bonchev–Trinajstić information content (AvgIpc) is 3.18. The first kappa shape index (κ1) is 12.2. The second-order valence-electron chi connectivity index (χ2n) is 4.95. The van der Waals surface area contributed by atoms with E-state index in [1.165, 1.54) is 6.07 Å². The zero-order valence-electron chi connectivity index (χ0n) is 10.5. The molecule has 1 saturated carbocycles. The Labute approximate surface area is 111 Å². The average molecular weight is 258 g/mol. The van der Waals surface area contributed by atoms with Gasteiger partial charge >= 0.3 is 0 Å². The molecule has 0 amide bonds. The summed E-state index contributed by atoms with van der Waals surface area (Å²) < 4.78 is 19.3. The largest absolute Gasteiger partial charge is 0.486 e. The summed E-state index contributed by atoms with van der Waals surface area (Å²) in [5.74, 6) is -0.203. The lowest BCUT2D eigenvalue weighted by Crippen LogP contribution is -2.05. The summed E-state index contributed by atoms with van der Waals surface area (Å²) >= 11 is 0. The number of benzene rings is 2. The number of aliphatic hydroxyl groups is 1. The Bertz CT molecular complexity index is 577. The van der Waals surface area contributed by atoms with Crippen molar-refractivity contribution in [2.75, 3.05) is 0 Å². The van der Waals surface area contributed by atoms with Crippen LogP contribution in [0.5, 0.6) is 5.75 Å². The summed E-state index contributed by atoms with van der Waals surface area (Å²) in [6, 6.07) is 14.3. The van der Waals surface area contributed by atoms with Crippen LogP contribution in [0.2, 0.25) is 0 Å². The zero-order chi connectivity index (χ0) is 13.3. The molecule has 2 nitrogen and oxygen atoms in total. The molecule has 0 unspecified atom stereocenters. The molecule has 0 atom stereocenters. The van der Waals surface area contributed by atoms with Gasteiger partial charge in [0.25, 0.3) is 0 Å². The van der Waals surface area contributed by atoms with Crippen molar-refractivity contribution < 1.29 is 14.2 Å². The molecule has 0 heterocycles. The van der Waals surface area contributed by atoms with Gasteiger partial charge in [0, 0.05) is 0 Å². The number of hydrogen-bond acceptors (Lipinski definition) is 2. The van der Waals surface area contributed by atoms with E-state index in [0.717, 1.165) is 5.56 Å². The van der Waals surface area contributed by atoms with Crippen LogP contribution in [0.25, 0.3) is 0 Å². The lowest BCUT2D eigenvalue weighted by Gasteiger charge is -2.11. The highest BCUT2D eigenvalue weighted by Crippen LogP contribution is 2.45. The first-order valence-corrected chi connectivity index (χ1v) is 6.36. The SMILES string of the molecule is OC1(c2ccc(OCc3ccccc3)c(F)c2)CC1. The van der Waals surface area contributed by atoms with E-state index in [0.29, 0.717) is 25.0 Å². The third-order valence-electron chi connectivity index (χ3n) is 3.43. The number of hydrogen-bond donors (Lipinski definition) is 1. The van der Waals surface area contributed by atoms with E-state index < -0.39 is 11.4 Å². The topological polar surface area (TPSA) is 29.5 Å². The molecule has 0 saturated heterocycles. The molecule has 98 valence electrons. The lowest BCUT2D eigenvalue weighted by atomic mass is 10.1. The van der Waals surface area contributed by atoms with Crippen LogP contribution in [0.1, 0.15) is 24.0 Å². The van der Waals surface area contributed by atoms with Crippen LogP contribution in [0.15, 0.2) is 48.5 Å². The van der Waals surface area contributed by atoms with Crippen molar-refractivity contribution in [2.24, 2.45) is 0 Å². The van der Waals surface area contributed by atoms with E-state index in [-0.39, 0.29) is 5.75 Å². The van der Waals surface area contributed by atoms with Crippen LogP contribution < -0.4 is 4.74 Å². The smallest absolute Gasteiger partial charge is 0.165 e. The van der Waals surface area contributed by atoms with Gasteiger partial charge in [-0.3, -0.25) is 0 Å². The maximum Gasteiger partial charge on any atom is 0.165 e. The van der Waals surface area contributed by atoms with Gasteiger partial charge in [-0.1, -0.05) is 36.4 Å². The van der Waals surface area contributed by atoms with Gasteiger partial charge in [0.2, 0.25) is 0 Å². The second kappa shape index (κ2) is 4.67. The molecule has 0 aromatic heterocycles. The van der Waals surface area contributed by atoms with Crippen molar-refractivity contribution >= 4 is 0 Å². The molecule has 0 aliphatic heterocycles. The van der Waals surface area contributed by atoms with Crippen LogP contribution in [0, 0.1) is 5.82 Å². The highest BCUT2D eigenvalue weighted by atomic mass is 19.1. The fraction of sp³-hybridized carbons (Fsp3) is 0.250. The molecule has 0 spiro atoms. The molecule has 2 aromatic rings. The molecule has 1 aliphatic carbocycles. The zero-order valence-corrected chi connectivity index (χ0v) is 10.5. The first-order chi connectivity index (χ1) is 9.17. The van der Waals surface area contributed by atoms with E-state index in [1.807, 2.05) is 30.3 Å². The molecule has 19 heavy (non-hydrogen) atoms. The standard InChI is InChI=1S/C16H15FO2/c17-14-10-13(16(18)8-9-16)6-7-15(14)19-11-12-4-2-1-3-5-12/h1-7,10,18H,8-9,11H2. The predicted molar refractivity (Wildman–Crippen MR) is 70.3 cm³/mol. The summed E-state index contributed by atoms with van der Waals surface area (Å²) in [6.07, 6.45) is 1.41. The Kier molecular flexibility index (Phi) is 2.99. The Hall–Kier alpha value is -1.87. The fourth-order valence-corrected chi connectivity index (χ4v) is 2.05. The quantitative estimate of drug-likeness (QED) is 0.911. The van der Waals surface area contributed by atoms with Crippen molar-refractivity contribution in [1.82, 2.24) is 0 Å². The fourth-order valence-electron chi connectivity index (χ4n) is 2.05. The number of rotatable bonds is 4. The predicted octanol–water partition coefficient (Wildman–Crippen LogP) is 3.39. The lowest BCUT2D eigenvalue weighted by molar-refractivity contribution is 0.151. The van der Waals surface area contributed by atoms with Gasteiger partial charge in [0.1, 0.15) is 6.61 Å². The van der Waals surface area contributed by atoms with Gasteiger partial charge in [0.05, 0.1) is 5.60 Å². The first-order valence-electron chi connectivity index (χ1n) is 6.36. The maximum atomic E-state index is 13.9. The number of halogens is 1. The molecule has 3 heteroatoms. The van der Waals surface area contributed by atoms with E-state index in [9.17, 15) is 9.50 Å². The van der Waals surface area contributed by atoms with Gasteiger partial charge in [0.15, 0.2) is 11.6 Å². The summed E-state index contributed by atoms with van der Waals surface area (Å²) in [6.45, 7) is 0.335. The Balaban J connectivity index is 1.71. The Morgan fingerprint density at radius 2 is 1.84 bits per heavy atom. The Morgan fingerprint density at radius 1 is 1.11 bits per heavy atom. The van der Waals surface area contributed by atoms with Gasteiger partial charge in [-0.2, -0.15) is 0 Å². The third-order valence-corrected chi connectivity index (χ3v) is 3.43. The van der Waals surface area contributed by atoms with Crippen LogP contribution in [-0.2, 0) is 12.2 Å². The van der Waals surface area contributed by atoms with Crippen molar-refractivity contribution in [3.05, 3.63) is 65.5 Å². The van der Waals surface area contributed by atoms with E-state index in [1.54, 1.807) is 12.1 Å². The van der Waals surface area contributed by atoms with Crippen molar-refractivity contribution in [2.45, 2.75) is 25.0 Å². The van der Waals surface area contributed by atoms with Crippen molar-refractivity contribution in [3.8, 4) is 5.75 Å². The molecule has 1 fully saturated rings. The van der Waals surface area contributed by atoms with E-state index in [2.05, 4.69) is 0 Å². The number of ether oxygens (including phenoxy) is 1. The Morgan fingerprint density at radius 3 is 2.47 bits per heavy atom. The minimum Gasteiger partial charge on any atom is -0.486 e. The van der Waals surface area contributed by atoms with E-state index in [4.69, 9.17) is 4.74 Å². The van der Waals surface area contributed by atoms with Crippen LogP contribution in [0.4, 0.5) is 4.39 Å². The van der Waals surface area contributed by atoms with Gasteiger partial charge in [-0.25, -0.2) is 4.39 Å². The summed E-state index contributed by atoms with van der Waals surface area (Å²) in [5.41, 5.74) is 0.822. The molecule has 1 N–H and O–H groups in total. The monoisotopic (exact) mass is 258 g/mol. The van der Waals surface area contributed by atoms with Gasteiger partial charge in [-0.15, -0.1) is 0 Å². The molecule has 3 rings (SSSR count). The normalized spacial score (nSPS) is 16.1. The van der Waals surface area contributed by atoms with Gasteiger partial charge in [-0.05, 0) is 36.1 Å². The second-order valence-corrected chi connectivity index (χ2v) is 4.95.